The van der Waals surface area contributed by atoms with E-state index in [9.17, 15) is 14.4 Å². The molecule has 1 aromatic carbocycles. The number of piperazine rings is 1. The number of benzene rings is 1. The van der Waals surface area contributed by atoms with Crippen LogP contribution >= 0.6 is 0 Å². The van der Waals surface area contributed by atoms with Crippen LogP contribution in [0.25, 0.3) is 0 Å². The highest BCUT2D eigenvalue weighted by molar-refractivity contribution is 5.94. The van der Waals surface area contributed by atoms with Gasteiger partial charge in [0.05, 0.1) is 12.7 Å². The molecule has 1 aliphatic rings. The molecule has 2 amide bonds. The predicted octanol–water partition coefficient (Wildman–Crippen LogP) is 0.966. The van der Waals surface area contributed by atoms with Crippen molar-refractivity contribution in [3.05, 3.63) is 29.8 Å². The monoisotopic (exact) mass is 333 g/mol. The van der Waals surface area contributed by atoms with Gasteiger partial charge in [-0.2, -0.15) is 0 Å². The molecule has 0 spiro atoms. The summed E-state index contributed by atoms with van der Waals surface area (Å²) in [5, 5.41) is 2.79. The fourth-order valence-corrected chi connectivity index (χ4v) is 2.61. The lowest BCUT2D eigenvalue weighted by Gasteiger charge is -2.34. The van der Waals surface area contributed by atoms with Gasteiger partial charge in [-0.05, 0) is 18.2 Å². The molecule has 0 aliphatic carbocycles. The second-order valence-corrected chi connectivity index (χ2v) is 5.72. The first-order valence-electron chi connectivity index (χ1n) is 7.95. The molecule has 7 nitrogen and oxygen atoms in total. The van der Waals surface area contributed by atoms with E-state index >= 15 is 0 Å². The molecule has 7 heteroatoms. The third-order valence-corrected chi connectivity index (χ3v) is 4.04. The number of hydrogen-bond donors (Lipinski definition) is 1. The minimum absolute atomic E-state index is 0.0953. The Morgan fingerprint density at radius 1 is 1.17 bits per heavy atom. The first kappa shape index (κ1) is 17.9. The van der Waals surface area contributed by atoms with Crippen molar-refractivity contribution in [1.29, 1.82) is 0 Å². The molecule has 2 rings (SSSR count). The van der Waals surface area contributed by atoms with E-state index in [1.54, 1.807) is 31.2 Å². The summed E-state index contributed by atoms with van der Waals surface area (Å²) in [4.78, 5) is 38.8. The minimum atomic E-state index is -0.436. The van der Waals surface area contributed by atoms with Gasteiger partial charge in [-0.3, -0.25) is 14.5 Å². The smallest absolute Gasteiger partial charge is 0.337 e. The zero-order valence-corrected chi connectivity index (χ0v) is 14.1. The lowest BCUT2D eigenvalue weighted by atomic mass is 10.2. The van der Waals surface area contributed by atoms with Gasteiger partial charge in [-0.1, -0.05) is 6.07 Å². The lowest BCUT2D eigenvalue weighted by Crippen LogP contribution is -2.48. The number of carbonyl (C=O) groups excluding carboxylic acids is 3. The van der Waals surface area contributed by atoms with Gasteiger partial charge in [0.2, 0.25) is 11.8 Å². The van der Waals surface area contributed by atoms with Crippen LogP contribution in [0, 0.1) is 0 Å². The van der Waals surface area contributed by atoms with Gasteiger partial charge >= 0.3 is 5.97 Å². The zero-order chi connectivity index (χ0) is 17.5. The highest BCUT2D eigenvalue weighted by Gasteiger charge is 2.18. The summed E-state index contributed by atoms with van der Waals surface area (Å²) in [6.45, 7) is 5.20. The molecule has 0 aromatic heterocycles. The van der Waals surface area contributed by atoms with Crippen molar-refractivity contribution in [2.75, 3.05) is 45.2 Å². The van der Waals surface area contributed by atoms with Gasteiger partial charge in [-0.15, -0.1) is 0 Å². The van der Waals surface area contributed by atoms with Gasteiger partial charge in [-0.25, -0.2) is 4.79 Å². The van der Waals surface area contributed by atoms with E-state index in [0.717, 1.165) is 13.1 Å². The number of esters is 1. The van der Waals surface area contributed by atoms with Crippen molar-refractivity contribution >= 4 is 23.5 Å². The van der Waals surface area contributed by atoms with E-state index in [1.807, 2.05) is 4.90 Å². The summed E-state index contributed by atoms with van der Waals surface area (Å²) in [5.74, 6) is -0.446. The molecule has 1 N–H and O–H groups in total. The van der Waals surface area contributed by atoms with Crippen LogP contribution < -0.4 is 5.32 Å². The Bertz CT molecular complexity index is 610. The zero-order valence-electron chi connectivity index (χ0n) is 14.1. The maximum Gasteiger partial charge on any atom is 0.337 e. The van der Waals surface area contributed by atoms with Crippen molar-refractivity contribution < 1.29 is 19.1 Å². The first-order chi connectivity index (χ1) is 11.5. The molecule has 24 heavy (non-hydrogen) atoms. The molecule has 0 saturated carbocycles. The molecule has 1 saturated heterocycles. The Balaban J connectivity index is 1.78. The minimum Gasteiger partial charge on any atom is -0.465 e. The molecule has 1 fully saturated rings. The van der Waals surface area contributed by atoms with E-state index in [2.05, 4.69) is 15.0 Å². The van der Waals surface area contributed by atoms with Gasteiger partial charge in [0.15, 0.2) is 0 Å². The Hall–Kier alpha value is -2.41. The third kappa shape index (κ3) is 5.06. The second kappa shape index (κ2) is 8.44. The molecule has 0 atom stereocenters. The van der Waals surface area contributed by atoms with E-state index < -0.39 is 5.97 Å². The first-order valence-corrected chi connectivity index (χ1v) is 7.95. The number of hydrogen-bond acceptors (Lipinski definition) is 5. The molecular formula is C17H23N3O4. The summed E-state index contributed by atoms with van der Waals surface area (Å²) in [5.41, 5.74) is 0.972. The SMILES string of the molecule is COC(=O)c1cccc(NC(=O)CCN2CCN(C(C)=O)CC2)c1. The van der Waals surface area contributed by atoms with Crippen LogP contribution in [0.4, 0.5) is 5.69 Å². The normalized spacial score (nSPS) is 15.0. The summed E-state index contributed by atoms with van der Waals surface area (Å²) in [6, 6.07) is 6.66. The summed E-state index contributed by atoms with van der Waals surface area (Å²) in [7, 11) is 1.32. The largest absolute Gasteiger partial charge is 0.465 e. The molecular weight excluding hydrogens is 310 g/mol. The Morgan fingerprint density at radius 2 is 1.88 bits per heavy atom. The van der Waals surface area contributed by atoms with E-state index in [1.165, 1.54) is 7.11 Å². The van der Waals surface area contributed by atoms with Crippen molar-refractivity contribution in [3.63, 3.8) is 0 Å². The quantitative estimate of drug-likeness (QED) is 0.812. The van der Waals surface area contributed by atoms with Crippen LogP contribution in [-0.4, -0.2) is 67.4 Å². The fraction of sp³-hybridized carbons (Fsp3) is 0.471. The number of anilines is 1. The summed E-state index contributed by atoms with van der Waals surface area (Å²) in [6.07, 6.45) is 0.364. The highest BCUT2D eigenvalue weighted by Crippen LogP contribution is 2.12. The molecule has 0 radical (unpaired) electrons. The molecule has 1 aliphatic heterocycles. The van der Waals surface area contributed by atoms with Crippen LogP contribution in [0.3, 0.4) is 0 Å². The van der Waals surface area contributed by atoms with E-state index in [-0.39, 0.29) is 11.8 Å². The molecule has 1 aromatic rings. The number of nitrogens with zero attached hydrogens (tertiary/aromatic N) is 2. The number of amides is 2. The summed E-state index contributed by atoms with van der Waals surface area (Å²) >= 11 is 0. The molecule has 130 valence electrons. The van der Waals surface area contributed by atoms with Gasteiger partial charge < -0.3 is 15.0 Å². The van der Waals surface area contributed by atoms with Crippen LogP contribution in [0.2, 0.25) is 0 Å². The van der Waals surface area contributed by atoms with Crippen molar-refractivity contribution in [2.45, 2.75) is 13.3 Å². The van der Waals surface area contributed by atoms with Crippen LogP contribution in [0.5, 0.6) is 0 Å². The fourth-order valence-electron chi connectivity index (χ4n) is 2.61. The molecule has 0 unspecified atom stereocenters. The average molecular weight is 333 g/mol. The topological polar surface area (TPSA) is 79.0 Å². The molecule has 1 heterocycles. The van der Waals surface area contributed by atoms with Crippen molar-refractivity contribution in [3.8, 4) is 0 Å². The van der Waals surface area contributed by atoms with Crippen molar-refractivity contribution in [1.82, 2.24) is 9.80 Å². The van der Waals surface area contributed by atoms with Crippen LogP contribution in [0.1, 0.15) is 23.7 Å². The van der Waals surface area contributed by atoms with E-state index in [4.69, 9.17) is 0 Å². The number of nitrogens with one attached hydrogen (secondary N) is 1. The maximum absolute atomic E-state index is 12.1. The van der Waals surface area contributed by atoms with Gasteiger partial charge in [0.25, 0.3) is 0 Å². The lowest BCUT2D eigenvalue weighted by molar-refractivity contribution is -0.130. The average Bonchev–Trinajstić information content (AvgIpc) is 2.59. The Morgan fingerprint density at radius 3 is 2.50 bits per heavy atom. The number of rotatable bonds is 5. The van der Waals surface area contributed by atoms with Gasteiger partial charge in [0, 0.05) is 51.8 Å². The Kier molecular flexibility index (Phi) is 6.31. The molecule has 0 bridgehead atoms. The highest BCUT2D eigenvalue weighted by atomic mass is 16.5. The number of methoxy groups -OCH3 is 1. The van der Waals surface area contributed by atoms with E-state index in [0.29, 0.717) is 37.3 Å². The predicted molar refractivity (Wildman–Crippen MR) is 89.7 cm³/mol. The summed E-state index contributed by atoms with van der Waals surface area (Å²) < 4.78 is 4.66. The standard InChI is InChI=1S/C17H23N3O4/c1-13(21)20-10-8-19(9-11-20)7-6-16(22)18-15-5-3-4-14(12-15)17(23)24-2/h3-5,12H,6-11H2,1-2H3,(H,18,22). The van der Waals surface area contributed by atoms with Crippen LogP contribution in [0.15, 0.2) is 24.3 Å². The van der Waals surface area contributed by atoms with Crippen molar-refractivity contribution in [2.24, 2.45) is 0 Å². The number of ether oxygens (including phenoxy) is 1. The number of carbonyl (C=O) groups is 3. The second-order valence-electron chi connectivity index (χ2n) is 5.72. The van der Waals surface area contributed by atoms with Gasteiger partial charge in [0.1, 0.15) is 0 Å². The maximum atomic E-state index is 12.1. The third-order valence-electron chi connectivity index (χ3n) is 4.04. The Labute approximate surface area is 141 Å². The van der Waals surface area contributed by atoms with Crippen LogP contribution in [-0.2, 0) is 14.3 Å².